The number of hydrogen-bond acceptors (Lipinski definition) is 4. The highest BCUT2D eigenvalue weighted by Gasteiger charge is 2.25. The summed E-state index contributed by atoms with van der Waals surface area (Å²) in [6.07, 6.45) is 1.35. The van der Waals surface area contributed by atoms with Crippen molar-refractivity contribution in [3.8, 4) is 11.5 Å². The Balaban J connectivity index is 2.08. The first kappa shape index (κ1) is 14.2. The molecule has 0 saturated carbocycles. The molecule has 1 saturated heterocycles. The summed E-state index contributed by atoms with van der Waals surface area (Å²) in [4.78, 5) is 0. The van der Waals surface area contributed by atoms with Gasteiger partial charge in [0.15, 0.2) is 11.5 Å². The molecular weight excluding hydrogens is 242 g/mol. The van der Waals surface area contributed by atoms with Gasteiger partial charge in [-0.2, -0.15) is 0 Å². The number of methoxy groups -OCH3 is 2. The summed E-state index contributed by atoms with van der Waals surface area (Å²) >= 11 is 0. The van der Waals surface area contributed by atoms with Crippen LogP contribution in [0.2, 0.25) is 0 Å². The fourth-order valence-corrected chi connectivity index (χ4v) is 2.49. The molecule has 1 fully saturated rings. The van der Waals surface area contributed by atoms with E-state index in [2.05, 4.69) is 25.2 Å². The summed E-state index contributed by atoms with van der Waals surface area (Å²) < 4.78 is 16.2. The van der Waals surface area contributed by atoms with Gasteiger partial charge in [-0.25, -0.2) is 0 Å². The van der Waals surface area contributed by atoms with Crippen LogP contribution in [0.1, 0.15) is 31.9 Å². The average Bonchev–Trinajstić information content (AvgIpc) is 2.83. The third kappa shape index (κ3) is 3.19. The minimum absolute atomic E-state index is 0.258. The van der Waals surface area contributed by atoms with Crippen LogP contribution in [-0.4, -0.2) is 33.0 Å². The monoisotopic (exact) mass is 265 g/mol. The number of nitrogens with one attached hydrogen (secondary N) is 1. The Bertz CT molecular complexity index is 422. The smallest absolute Gasteiger partial charge is 0.161 e. The molecule has 3 unspecified atom stereocenters. The van der Waals surface area contributed by atoms with E-state index in [0.717, 1.165) is 24.5 Å². The van der Waals surface area contributed by atoms with Gasteiger partial charge in [-0.1, -0.05) is 6.07 Å². The van der Waals surface area contributed by atoms with Crippen LogP contribution in [-0.2, 0) is 4.74 Å². The average molecular weight is 265 g/mol. The summed E-state index contributed by atoms with van der Waals surface area (Å²) in [5.41, 5.74) is 1.19. The van der Waals surface area contributed by atoms with Crippen molar-refractivity contribution in [2.75, 3.05) is 20.8 Å². The van der Waals surface area contributed by atoms with E-state index in [9.17, 15) is 0 Å². The molecule has 0 spiro atoms. The van der Waals surface area contributed by atoms with E-state index < -0.39 is 0 Å². The van der Waals surface area contributed by atoms with E-state index in [-0.39, 0.29) is 12.1 Å². The van der Waals surface area contributed by atoms with Crippen molar-refractivity contribution in [1.29, 1.82) is 0 Å². The molecule has 19 heavy (non-hydrogen) atoms. The Hall–Kier alpha value is -1.26. The summed E-state index contributed by atoms with van der Waals surface area (Å²) in [6, 6.07) is 6.72. The summed E-state index contributed by atoms with van der Waals surface area (Å²) in [7, 11) is 3.31. The minimum Gasteiger partial charge on any atom is -0.493 e. The van der Waals surface area contributed by atoms with Gasteiger partial charge in [0, 0.05) is 18.7 Å². The predicted molar refractivity (Wildman–Crippen MR) is 74.9 cm³/mol. The van der Waals surface area contributed by atoms with Crippen molar-refractivity contribution in [1.82, 2.24) is 5.32 Å². The van der Waals surface area contributed by atoms with Crippen LogP contribution in [0.15, 0.2) is 18.2 Å². The van der Waals surface area contributed by atoms with Crippen molar-refractivity contribution in [3.05, 3.63) is 23.8 Å². The molecule has 3 atom stereocenters. The molecule has 0 aliphatic carbocycles. The molecule has 4 heteroatoms. The quantitative estimate of drug-likeness (QED) is 0.888. The highest BCUT2D eigenvalue weighted by atomic mass is 16.5. The van der Waals surface area contributed by atoms with Crippen LogP contribution < -0.4 is 14.8 Å². The van der Waals surface area contributed by atoms with Gasteiger partial charge < -0.3 is 19.5 Å². The van der Waals surface area contributed by atoms with Gasteiger partial charge in [-0.3, -0.25) is 0 Å². The molecule has 1 aromatic rings. The SMILES string of the molecule is COc1ccc(C(C)NC2CCOC2C)cc1OC. The maximum absolute atomic E-state index is 5.58. The van der Waals surface area contributed by atoms with Gasteiger partial charge in [0.1, 0.15) is 0 Å². The van der Waals surface area contributed by atoms with Crippen molar-refractivity contribution >= 4 is 0 Å². The first-order valence-corrected chi connectivity index (χ1v) is 6.75. The second kappa shape index (κ2) is 6.26. The van der Waals surface area contributed by atoms with E-state index in [4.69, 9.17) is 14.2 Å². The molecule has 1 aromatic carbocycles. The van der Waals surface area contributed by atoms with Gasteiger partial charge in [-0.15, -0.1) is 0 Å². The minimum atomic E-state index is 0.258. The second-order valence-corrected chi connectivity index (χ2v) is 4.97. The van der Waals surface area contributed by atoms with E-state index in [1.54, 1.807) is 14.2 Å². The maximum atomic E-state index is 5.58. The molecule has 106 valence electrons. The summed E-state index contributed by atoms with van der Waals surface area (Å²) in [5.74, 6) is 1.53. The lowest BCUT2D eigenvalue weighted by atomic mass is 10.0. The molecule has 4 nitrogen and oxygen atoms in total. The summed E-state index contributed by atoms with van der Waals surface area (Å²) in [6.45, 7) is 5.12. The molecule has 1 N–H and O–H groups in total. The highest BCUT2D eigenvalue weighted by Crippen LogP contribution is 2.30. The lowest BCUT2D eigenvalue weighted by Gasteiger charge is -2.22. The molecule has 1 aliphatic heterocycles. The Morgan fingerprint density at radius 1 is 1.26 bits per heavy atom. The van der Waals surface area contributed by atoms with Crippen LogP contribution >= 0.6 is 0 Å². The second-order valence-electron chi connectivity index (χ2n) is 4.97. The Labute approximate surface area is 115 Å². The molecule has 0 bridgehead atoms. The van der Waals surface area contributed by atoms with E-state index >= 15 is 0 Å². The third-order valence-corrected chi connectivity index (χ3v) is 3.75. The fraction of sp³-hybridized carbons (Fsp3) is 0.600. The van der Waals surface area contributed by atoms with Crippen LogP contribution in [0.25, 0.3) is 0 Å². The number of ether oxygens (including phenoxy) is 3. The van der Waals surface area contributed by atoms with E-state index in [1.807, 2.05) is 12.1 Å². The standard InChI is InChI=1S/C15H23NO3/c1-10(16-13-7-8-19-11(13)2)12-5-6-14(17-3)15(9-12)18-4/h5-6,9-11,13,16H,7-8H2,1-4H3. The first-order chi connectivity index (χ1) is 9.15. The van der Waals surface area contributed by atoms with Gasteiger partial charge in [0.25, 0.3) is 0 Å². The van der Waals surface area contributed by atoms with Crippen molar-refractivity contribution < 1.29 is 14.2 Å². The highest BCUT2D eigenvalue weighted by molar-refractivity contribution is 5.43. The molecule has 0 aromatic heterocycles. The zero-order valence-electron chi connectivity index (χ0n) is 12.1. The van der Waals surface area contributed by atoms with E-state index in [0.29, 0.717) is 6.04 Å². The molecule has 1 heterocycles. The Morgan fingerprint density at radius 2 is 2.00 bits per heavy atom. The van der Waals surface area contributed by atoms with Crippen molar-refractivity contribution in [2.45, 2.75) is 38.5 Å². The van der Waals surface area contributed by atoms with Gasteiger partial charge >= 0.3 is 0 Å². The van der Waals surface area contributed by atoms with Gasteiger partial charge in [0.2, 0.25) is 0 Å². The lowest BCUT2D eigenvalue weighted by molar-refractivity contribution is 0.111. The Kier molecular flexibility index (Phi) is 4.66. The topological polar surface area (TPSA) is 39.7 Å². The third-order valence-electron chi connectivity index (χ3n) is 3.75. The predicted octanol–water partition coefficient (Wildman–Crippen LogP) is 2.53. The summed E-state index contributed by atoms with van der Waals surface area (Å²) in [5, 5.41) is 3.61. The van der Waals surface area contributed by atoms with Gasteiger partial charge in [-0.05, 0) is 38.0 Å². The zero-order chi connectivity index (χ0) is 13.8. The van der Waals surface area contributed by atoms with Crippen molar-refractivity contribution in [3.63, 3.8) is 0 Å². The number of benzene rings is 1. The normalized spacial score (nSPS) is 24.2. The number of rotatable bonds is 5. The van der Waals surface area contributed by atoms with Crippen LogP contribution in [0.5, 0.6) is 11.5 Å². The van der Waals surface area contributed by atoms with Crippen LogP contribution in [0, 0.1) is 0 Å². The maximum Gasteiger partial charge on any atom is 0.161 e. The molecule has 0 radical (unpaired) electrons. The lowest BCUT2D eigenvalue weighted by Crippen LogP contribution is -2.36. The molecular formula is C15H23NO3. The fourth-order valence-electron chi connectivity index (χ4n) is 2.49. The molecule has 2 rings (SSSR count). The van der Waals surface area contributed by atoms with Gasteiger partial charge in [0.05, 0.1) is 20.3 Å². The van der Waals surface area contributed by atoms with E-state index in [1.165, 1.54) is 5.56 Å². The molecule has 1 aliphatic rings. The zero-order valence-corrected chi connectivity index (χ0v) is 12.1. The first-order valence-electron chi connectivity index (χ1n) is 6.75. The Morgan fingerprint density at radius 3 is 2.58 bits per heavy atom. The number of hydrogen-bond donors (Lipinski definition) is 1. The van der Waals surface area contributed by atoms with Crippen molar-refractivity contribution in [2.24, 2.45) is 0 Å². The van der Waals surface area contributed by atoms with Crippen LogP contribution in [0.4, 0.5) is 0 Å². The largest absolute Gasteiger partial charge is 0.493 e. The van der Waals surface area contributed by atoms with Crippen LogP contribution in [0.3, 0.4) is 0 Å². The molecule has 0 amide bonds.